The maximum atomic E-state index is 13.3. The molecule has 0 radical (unpaired) electrons. The van der Waals surface area contributed by atoms with Gasteiger partial charge in [-0.15, -0.1) is 5.10 Å². The number of aromatic nitrogens is 3. The largest absolute Gasteiger partial charge is 0.467 e. The summed E-state index contributed by atoms with van der Waals surface area (Å²) in [7, 11) is 1.30. The molecule has 1 aromatic rings. The van der Waals surface area contributed by atoms with E-state index in [1.807, 2.05) is 20.0 Å². The SMILES string of the molecule is COC(=O)C1C[C@@H]2CN1C(=O)[C@H](C(C)C)CC(=O)OCCCCCn1cc(nn1)CO2. The molecule has 1 fully saturated rings. The van der Waals surface area contributed by atoms with E-state index in [0.717, 1.165) is 25.8 Å². The van der Waals surface area contributed by atoms with Gasteiger partial charge in [0.05, 0.1) is 45.0 Å². The number of esters is 2. The van der Waals surface area contributed by atoms with Gasteiger partial charge in [-0.25, -0.2) is 4.79 Å². The molecule has 2 aliphatic rings. The summed E-state index contributed by atoms with van der Waals surface area (Å²) in [6.07, 6.45) is 4.36. The number of aryl methyl sites for hydroxylation is 1. The average molecular weight is 437 g/mol. The molecule has 0 N–H and O–H groups in total. The Labute approximate surface area is 182 Å². The van der Waals surface area contributed by atoms with Crippen molar-refractivity contribution in [2.75, 3.05) is 20.3 Å². The number of hydrogen-bond acceptors (Lipinski definition) is 8. The number of hydrogen-bond donors (Lipinski definition) is 0. The van der Waals surface area contributed by atoms with Gasteiger partial charge in [-0.05, 0) is 25.2 Å². The van der Waals surface area contributed by atoms with Crippen LogP contribution in [0.3, 0.4) is 0 Å². The molecule has 31 heavy (non-hydrogen) atoms. The highest BCUT2D eigenvalue weighted by molar-refractivity contribution is 5.89. The van der Waals surface area contributed by atoms with Crippen molar-refractivity contribution >= 4 is 17.8 Å². The van der Waals surface area contributed by atoms with Crippen molar-refractivity contribution in [2.24, 2.45) is 11.8 Å². The molecular formula is C21H32N4O6. The number of rotatable bonds is 2. The zero-order valence-electron chi connectivity index (χ0n) is 18.5. The van der Waals surface area contributed by atoms with Crippen molar-refractivity contribution in [3.05, 3.63) is 11.9 Å². The van der Waals surface area contributed by atoms with E-state index in [1.54, 1.807) is 4.68 Å². The van der Waals surface area contributed by atoms with Crippen molar-refractivity contribution in [3.8, 4) is 0 Å². The summed E-state index contributed by atoms with van der Waals surface area (Å²) in [5.41, 5.74) is 0.703. The highest BCUT2D eigenvalue weighted by atomic mass is 16.5. The number of cyclic esters (lactones) is 1. The monoisotopic (exact) mass is 436 g/mol. The number of amides is 1. The molecule has 4 bridgehead atoms. The lowest BCUT2D eigenvalue weighted by molar-refractivity contribution is -0.155. The molecule has 10 nitrogen and oxygen atoms in total. The number of carbonyl (C=O) groups excluding carboxylic acids is 3. The van der Waals surface area contributed by atoms with Crippen LogP contribution in [0.15, 0.2) is 6.20 Å². The van der Waals surface area contributed by atoms with Crippen molar-refractivity contribution in [2.45, 2.75) is 71.2 Å². The Balaban J connectivity index is 1.80. The Bertz CT molecular complexity index is 780. The van der Waals surface area contributed by atoms with Gasteiger partial charge in [0.25, 0.3) is 0 Å². The Morgan fingerprint density at radius 1 is 1.26 bits per heavy atom. The Hall–Kier alpha value is -2.49. The van der Waals surface area contributed by atoms with Crippen LogP contribution in [0.25, 0.3) is 0 Å². The predicted octanol–water partition coefficient (Wildman–Crippen LogP) is 1.33. The molecule has 0 aliphatic carbocycles. The van der Waals surface area contributed by atoms with Gasteiger partial charge in [-0.3, -0.25) is 14.3 Å². The van der Waals surface area contributed by atoms with Crippen LogP contribution < -0.4 is 0 Å². The van der Waals surface area contributed by atoms with Crippen LogP contribution in [0.2, 0.25) is 0 Å². The van der Waals surface area contributed by atoms with Crippen molar-refractivity contribution in [3.63, 3.8) is 0 Å². The van der Waals surface area contributed by atoms with E-state index < -0.39 is 23.9 Å². The van der Waals surface area contributed by atoms with Crippen molar-refractivity contribution in [1.82, 2.24) is 19.9 Å². The Morgan fingerprint density at radius 3 is 2.81 bits per heavy atom. The maximum absolute atomic E-state index is 13.3. The van der Waals surface area contributed by atoms with E-state index in [2.05, 4.69) is 10.3 Å². The zero-order chi connectivity index (χ0) is 22.4. The lowest BCUT2D eigenvalue weighted by Crippen LogP contribution is -2.46. The minimum absolute atomic E-state index is 0.00909. The summed E-state index contributed by atoms with van der Waals surface area (Å²) in [6.45, 7) is 5.34. The second kappa shape index (κ2) is 10.7. The lowest BCUT2D eigenvalue weighted by Gasteiger charge is -2.28. The Morgan fingerprint density at radius 2 is 2.06 bits per heavy atom. The zero-order valence-corrected chi connectivity index (χ0v) is 18.5. The molecule has 3 rings (SSSR count). The first kappa shape index (κ1) is 23.2. The molecule has 1 unspecified atom stereocenters. The van der Waals surface area contributed by atoms with Crippen molar-refractivity contribution < 1.29 is 28.6 Å². The molecular weight excluding hydrogens is 404 g/mol. The minimum atomic E-state index is -0.738. The molecule has 0 saturated carbocycles. The van der Waals surface area contributed by atoms with Crippen molar-refractivity contribution in [1.29, 1.82) is 0 Å². The van der Waals surface area contributed by atoms with E-state index >= 15 is 0 Å². The molecule has 1 aromatic heterocycles. The summed E-state index contributed by atoms with van der Waals surface area (Å²) in [5, 5.41) is 8.24. The van der Waals surface area contributed by atoms with Gasteiger partial charge in [0, 0.05) is 19.5 Å². The maximum Gasteiger partial charge on any atom is 0.328 e. The van der Waals surface area contributed by atoms with Gasteiger partial charge < -0.3 is 19.1 Å². The number of methoxy groups -OCH3 is 1. The third-order valence-electron chi connectivity index (χ3n) is 5.88. The topological polar surface area (TPSA) is 113 Å². The molecule has 1 saturated heterocycles. The van der Waals surface area contributed by atoms with Crippen LogP contribution in [0.5, 0.6) is 0 Å². The number of fused-ring (bicyclic) bond motifs is 4. The van der Waals surface area contributed by atoms with Gasteiger partial charge in [0.15, 0.2) is 0 Å². The standard InChI is InChI=1S/C21H32N4O6/c1-14(2)17-10-19(26)30-8-6-4-5-7-24-11-15(22-23-24)13-31-16-9-18(21(28)29-3)25(12-16)20(17)27/h11,14,16-18H,4-10,12-13H2,1-3H3/t16-,17+,18?/m1/s1. The second-order valence-corrected chi connectivity index (χ2v) is 8.51. The fraction of sp³-hybridized carbons (Fsp3) is 0.762. The van der Waals surface area contributed by atoms with Crippen LogP contribution in [0.1, 0.15) is 51.6 Å². The highest BCUT2D eigenvalue weighted by Crippen LogP contribution is 2.28. The third-order valence-corrected chi connectivity index (χ3v) is 5.88. The predicted molar refractivity (Wildman–Crippen MR) is 108 cm³/mol. The van der Waals surface area contributed by atoms with Gasteiger partial charge in [-0.2, -0.15) is 0 Å². The highest BCUT2D eigenvalue weighted by Gasteiger charge is 2.43. The first-order valence-electron chi connectivity index (χ1n) is 10.9. The Kier molecular flexibility index (Phi) is 8.00. The smallest absolute Gasteiger partial charge is 0.328 e. The summed E-state index contributed by atoms with van der Waals surface area (Å²) in [4.78, 5) is 39.6. The fourth-order valence-electron chi connectivity index (χ4n) is 4.04. The van der Waals surface area contributed by atoms with Crippen LogP contribution >= 0.6 is 0 Å². The van der Waals surface area contributed by atoms with Gasteiger partial charge in [0.2, 0.25) is 5.91 Å². The second-order valence-electron chi connectivity index (χ2n) is 8.51. The molecule has 2 aliphatic heterocycles. The van der Waals surface area contributed by atoms with Gasteiger partial charge >= 0.3 is 11.9 Å². The van der Waals surface area contributed by atoms with E-state index in [0.29, 0.717) is 18.7 Å². The summed E-state index contributed by atoms with van der Waals surface area (Å²) in [5.74, 6) is -1.78. The normalized spacial score (nSPS) is 26.3. The molecule has 3 atom stereocenters. The first-order valence-corrected chi connectivity index (χ1v) is 10.9. The minimum Gasteiger partial charge on any atom is -0.467 e. The van der Waals surface area contributed by atoms with Gasteiger partial charge in [0.1, 0.15) is 11.7 Å². The van der Waals surface area contributed by atoms with Crippen LogP contribution in [0, 0.1) is 11.8 Å². The third kappa shape index (κ3) is 6.03. The van der Waals surface area contributed by atoms with E-state index in [1.165, 1.54) is 12.0 Å². The first-order chi connectivity index (χ1) is 14.9. The number of nitrogens with zero attached hydrogens (tertiary/aromatic N) is 4. The fourth-order valence-corrected chi connectivity index (χ4v) is 4.04. The van der Waals surface area contributed by atoms with E-state index in [9.17, 15) is 14.4 Å². The summed E-state index contributed by atoms with van der Waals surface area (Å²) >= 11 is 0. The average Bonchev–Trinajstić information content (AvgIpc) is 3.38. The molecule has 10 heteroatoms. The van der Waals surface area contributed by atoms with Gasteiger partial charge in [-0.1, -0.05) is 19.1 Å². The van der Waals surface area contributed by atoms with Crippen LogP contribution in [0.4, 0.5) is 0 Å². The van der Waals surface area contributed by atoms with E-state index in [4.69, 9.17) is 14.2 Å². The number of ether oxygens (including phenoxy) is 3. The molecule has 3 heterocycles. The molecule has 1 amide bonds. The summed E-state index contributed by atoms with van der Waals surface area (Å²) in [6, 6.07) is -0.738. The summed E-state index contributed by atoms with van der Waals surface area (Å²) < 4.78 is 18.0. The molecule has 0 aromatic carbocycles. The number of carbonyl (C=O) groups is 3. The molecule has 0 spiro atoms. The quantitative estimate of drug-likeness (QED) is 0.638. The van der Waals surface area contributed by atoms with Crippen LogP contribution in [-0.4, -0.2) is 70.1 Å². The van der Waals surface area contributed by atoms with Crippen LogP contribution in [-0.2, 0) is 41.7 Å². The molecule has 172 valence electrons. The lowest BCUT2D eigenvalue weighted by atomic mass is 9.91. The van der Waals surface area contributed by atoms with E-state index in [-0.39, 0.29) is 37.5 Å².